The normalized spacial score (nSPS) is 11.8. The Kier molecular flexibility index (Phi) is 6.78. The van der Waals surface area contributed by atoms with E-state index in [1.54, 1.807) is 18.2 Å². The molecule has 172 valence electrons. The lowest BCUT2D eigenvalue weighted by molar-refractivity contribution is 0.0475. The molecule has 6 nitrogen and oxygen atoms in total. The van der Waals surface area contributed by atoms with Crippen LogP contribution in [0.1, 0.15) is 46.9 Å². The topological polar surface area (TPSA) is 87.0 Å². The Bertz CT molecular complexity index is 1260. The van der Waals surface area contributed by atoms with Crippen LogP contribution in [0, 0.1) is 0 Å². The van der Waals surface area contributed by atoms with Gasteiger partial charge in [0.2, 0.25) is 5.76 Å². The fourth-order valence-corrected chi connectivity index (χ4v) is 3.51. The minimum atomic E-state index is -0.738. The van der Waals surface area contributed by atoms with Gasteiger partial charge in [0.25, 0.3) is 0 Å². The maximum atomic E-state index is 12.2. The molecule has 34 heavy (non-hydrogen) atoms. The maximum absolute atomic E-state index is 12.2. The smallest absolute Gasteiger partial charge is 0.400 e. The summed E-state index contributed by atoms with van der Waals surface area (Å²) in [6.45, 7) is 4.56. The molecule has 0 amide bonds. The summed E-state index contributed by atoms with van der Waals surface area (Å²) >= 11 is 0. The zero-order chi connectivity index (χ0) is 24.0. The molecular formula is C28H26N2O4. The van der Waals surface area contributed by atoms with E-state index in [-0.39, 0.29) is 23.6 Å². The number of nitrogens with zero attached hydrogens (tertiary/aromatic N) is 1. The number of oxime groups is 1. The van der Waals surface area contributed by atoms with Gasteiger partial charge in [-0.2, -0.15) is 0 Å². The van der Waals surface area contributed by atoms with Crippen LogP contribution >= 0.6 is 0 Å². The number of benzene rings is 3. The quantitative estimate of drug-likeness (QED) is 0.161. The SMILES string of the molecule is CC(C)(c1ccccc1)c1ccc(OCc2ccc(C(=O)O/N=C(\N)c3ccccc3)o2)cc1. The van der Waals surface area contributed by atoms with Crippen molar-refractivity contribution in [2.75, 3.05) is 0 Å². The minimum Gasteiger partial charge on any atom is -0.486 e. The highest BCUT2D eigenvalue weighted by molar-refractivity contribution is 5.97. The van der Waals surface area contributed by atoms with E-state index in [1.165, 1.54) is 17.2 Å². The van der Waals surface area contributed by atoms with Crippen molar-refractivity contribution in [1.82, 2.24) is 0 Å². The van der Waals surface area contributed by atoms with Gasteiger partial charge < -0.3 is 19.7 Å². The first-order valence-corrected chi connectivity index (χ1v) is 10.9. The Labute approximate surface area is 198 Å². The molecule has 0 atom stereocenters. The van der Waals surface area contributed by atoms with Crippen molar-refractivity contribution in [2.45, 2.75) is 25.9 Å². The summed E-state index contributed by atoms with van der Waals surface area (Å²) in [5.41, 5.74) is 8.79. The first-order valence-electron chi connectivity index (χ1n) is 10.9. The molecule has 0 saturated carbocycles. The summed E-state index contributed by atoms with van der Waals surface area (Å²) in [6.07, 6.45) is 0. The number of amidine groups is 1. The van der Waals surface area contributed by atoms with Gasteiger partial charge in [-0.25, -0.2) is 4.79 Å². The highest BCUT2D eigenvalue weighted by atomic mass is 16.7. The van der Waals surface area contributed by atoms with Crippen LogP contribution in [0.25, 0.3) is 0 Å². The molecular weight excluding hydrogens is 428 g/mol. The summed E-state index contributed by atoms with van der Waals surface area (Å²) < 4.78 is 11.4. The average molecular weight is 455 g/mol. The molecule has 0 bridgehead atoms. The van der Waals surface area contributed by atoms with Gasteiger partial charge in [-0.1, -0.05) is 91.8 Å². The van der Waals surface area contributed by atoms with Crippen molar-refractivity contribution in [3.05, 3.63) is 125 Å². The van der Waals surface area contributed by atoms with Crippen LogP contribution in [0.5, 0.6) is 5.75 Å². The number of ether oxygens (including phenoxy) is 1. The fourth-order valence-electron chi connectivity index (χ4n) is 3.51. The molecule has 0 radical (unpaired) electrons. The lowest BCUT2D eigenvalue weighted by Gasteiger charge is -2.26. The highest BCUT2D eigenvalue weighted by Gasteiger charge is 2.22. The Morgan fingerprint density at radius 1 is 0.853 bits per heavy atom. The molecule has 2 N–H and O–H groups in total. The second-order valence-corrected chi connectivity index (χ2v) is 8.29. The summed E-state index contributed by atoms with van der Waals surface area (Å²) in [5, 5.41) is 3.68. The van der Waals surface area contributed by atoms with Crippen molar-refractivity contribution in [1.29, 1.82) is 0 Å². The van der Waals surface area contributed by atoms with Crippen LogP contribution in [-0.2, 0) is 16.9 Å². The molecule has 1 heterocycles. The number of nitrogens with two attached hydrogens (primary N) is 1. The number of carbonyl (C=O) groups is 1. The van der Waals surface area contributed by atoms with Crippen molar-refractivity contribution < 1.29 is 18.8 Å². The number of hydrogen-bond donors (Lipinski definition) is 1. The largest absolute Gasteiger partial charge is 0.486 e. The molecule has 0 unspecified atom stereocenters. The summed E-state index contributed by atoms with van der Waals surface area (Å²) in [4.78, 5) is 17.1. The summed E-state index contributed by atoms with van der Waals surface area (Å²) in [7, 11) is 0. The third-order valence-corrected chi connectivity index (χ3v) is 5.61. The predicted octanol–water partition coefficient (Wildman–Crippen LogP) is 5.66. The molecule has 4 aromatic rings. The van der Waals surface area contributed by atoms with E-state index >= 15 is 0 Å². The van der Waals surface area contributed by atoms with Gasteiger partial charge in [0.05, 0.1) is 0 Å². The van der Waals surface area contributed by atoms with Crippen molar-refractivity contribution in [3.63, 3.8) is 0 Å². The molecule has 1 aromatic heterocycles. The van der Waals surface area contributed by atoms with E-state index in [1.807, 2.05) is 48.5 Å². The number of rotatable bonds is 8. The fraction of sp³-hybridized carbons (Fsp3) is 0.143. The van der Waals surface area contributed by atoms with Crippen molar-refractivity contribution in [2.24, 2.45) is 10.9 Å². The van der Waals surface area contributed by atoms with Gasteiger partial charge in [-0.05, 0) is 35.4 Å². The van der Waals surface area contributed by atoms with Crippen molar-refractivity contribution in [3.8, 4) is 5.75 Å². The van der Waals surface area contributed by atoms with Gasteiger partial charge >= 0.3 is 5.97 Å². The molecule has 0 spiro atoms. The van der Waals surface area contributed by atoms with Crippen LogP contribution in [0.2, 0.25) is 0 Å². The van der Waals surface area contributed by atoms with Crippen LogP contribution < -0.4 is 10.5 Å². The Balaban J connectivity index is 1.33. The lowest BCUT2D eigenvalue weighted by Crippen LogP contribution is -2.18. The van der Waals surface area contributed by atoms with Crippen LogP contribution in [-0.4, -0.2) is 11.8 Å². The predicted molar refractivity (Wildman–Crippen MR) is 131 cm³/mol. The molecule has 3 aromatic carbocycles. The van der Waals surface area contributed by atoms with Crippen LogP contribution in [0.3, 0.4) is 0 Å². The third kappa shape index (κ3) is 5.35. The van der Waals surface area contributed by atoms with E-state index < -0.39 is 5.97 Å². The molecule has 0 fully saturated rings. The van der Waals surface area contributed by atoms with Gasteiger partial charge in [0, 0.05) is 11.0 Å². The molecule has 0 aliphatic carbocycles. The third-order valence-electron chi connectivity index (χ3n) is 5.61. The van der Waals surface area contributed by atoms with Gasteiger partial charge in [0.1, 0.15) is 18.1 Å². The highest BCUT2D eigenvalue weighted by Crippen LogP contribution is 2.32. The standard InChI is InChI=1S/C28H26N2O4/c1-28(2,21-11-7-4-8-12-21)22-13-15-23(16-14-22)32-19-24-17-18-25(33-24)27(31)34-30-26(29)20-9-5-3-6-10-20/h3-18H,19H2,1-2H3,(H2,29,30). The summed E-state index contributed by atoms with van der Waals surface area (Å²) in [6, 6.07) is 30.5. The second kappa shape index (κ2) is 10.1. The number of hydrogen-bond acceptors (Lipinski definition) is 5. The Morgan fingerprint density at radius 2 is 1.47 bits per heavy atom. The lowest BCUT2D eigenvalue weighted by atomic mass is 9.78. The van der Waals surface area contributed by atoms with Crippen LogP contribution in [0.15, 0.2) is 107 Å². The molecule has 6 heteroatoms. The average Bonchev–Trinajstić information content (AvgIpc) is 3.36. The van der Waals surface area contributed by atoms with Gasteiger partial charge in [0.15, 0.2) is 5.84 Å². The summed E-state index contributed by atoms with van der Waals surface area (Å²) in [5.74, 6) is 0.567. The van der Waals surface area contributed by atoms with E-state index in [9.17, 15) is 4.79 Å². The molecule has 0 aliphatic heterocycles. The monoisotopic (exact) mass is 454 g/mol. The number of carbonyl (C=O) groups excluding carboxylic acids is 1. The van der Waals surface area contributed by atoms with E-state index in [4.69, 9.17) is 19.7 Å². The van der Waals surface area contributed by atoms with Gasteiger partial charge in [-0.3, -0.25) is 0 Å². The molecule has 0 saturated heterocycles. The zero-order valence-corrected chi connectivity index (χ0v) is 19.1. The van der Waals surface area contributed by atoms with Crippen molar-refractivity contribution >= 4 is 11.8 Å². The van der Waals surface area contributed by atoms with Crippen LogP contribution in [0.4, 0.5) is 0 Å². The zero-order valence-electron chi connectivity index (χ0n) is 19.1. The molecule has 0 aliphatic rings. The van der Waals surface area contributed by atoms with E-state index in [2.05, 4.69) is 43.3 Å². The first kappa shape index (κ1) is 22.9. The Morgan fingerprint density at radius 3 is 2.15 bits per heavy atom. The maximum Gasteiger partial charge on any atom is 0.400 e. The minimum absolute atomic E-state index is 0.0168. The second-order valence-electron chi connectivity index (χ2n) is 8.29. The van der Waals surface area contributed by atoms with Gasteiger partial charge in [-0.15, -0.1) is 0 Å². The first-order chi connectivity index (χ1) is 16.4. The van der Waals surface area contributed by atoms with E-state index in [0.717, 1.165) is 0 Å². The Hall–Kier alpha value is -4.32. The van der Waals surface area contributed by atoms with E-state index in [0.29, 0.717) is 17.1 Å². The molecule has 4 rings (SSSR count). The number of furan rings is 1.